The average molecular weight is 503 g/mol. The average Bonchev–Trinajstić information content (AvgIpc) is 3.25. The first-order valence-corrected chi connectivity index (χ1v) is 15.2. The molecule has 2 atom stereocenters. The van der Waals surface area contributed by atoms with E-state index in [0.717, 1.165) is 56.6 Å². The second-order valence-corrected chi connectivity index (χ2v) is 12.6. The van der Waals surface area contributed by atoms with Crippen LogP contribution in [-0.4, -0.2) is 0 Å². The number of hydrogen-bond donors (Lipinski definition) is 0. The Kier molecular flexibility index (Phi) is 7.73. The van der Waals surface area contributed by atoms with Crippen LogP contribution in [0.5, 0.6) is 0 Å². The molecule has 0 saturated carbocycles. The lowest BCUT2D eigenvalue weighted by atomic mass is 9.87. The van der Waals surface area contributed by atoms with Crippen LogP contribution in [0.2, 0.25) is 0 Å². The van der Waals surface area contributed by atoms with Crippen molar-refractivity contribution in [1.29, 1.82) is 0 Å². The van der Waals surface area contributed by atoms with Crippen molar-refractivity contribution < 1.29 is 4.57 Å². The molecule has 5 rings (SSSR count). The van der Waals surface area contributed by atoms with Gasteiger partial charge in [-0.1, -0.05) is 154 Å². The van der Waals surface area contributed by atoms with Gasteiger partial charge in [0.05, 0.1) is 0 Å². The van der Waals surface area contributed by atoms with Gasteiger partial charge in [0.2, 0.25) is 0 Å². The highest BCUT2D eigenvalue weighted by atomic mass is 31.2. The van der Waals surface area contributed by atoms with Gasteiger partial charge in [-0.15, -0.1) is 0 Å². The maximum Gasteiger partial charge on any atom is 0.169 e. The Labute approximate surface area is 222 Å². The fraction of sp³-hybridized carbons (Fsp3) is 0.200. The van der Waals surface area contributed by atoms with Crippen LogP contribution < -0.4 is 5.30 Å². The summed E-state index contributed by atoms with van der Waals surface area (Å²) in [6, 6.07) is 41.8. The zero-order valence-electron chi connectivity index (χ0n) is 21.8. The molecule has 0 N–H and O–H groups in total. The summed E-state index contributed by atoms with van der Waals surface area (Å²) >= 11 is 0. The first-order chi connectivity index (χ1) is 18.2. The number of hydrogen-bond acceptors (Lipinski definition) is 1. The van der Waals surface area contributed by atoms with Gasteiger partial charge in [0.1, 0.15) is 0 Å². The summed E-state index contributed by atoms with van der Waals surface area (Å²) in [6.45, 7) is 4.53. The quantitative estimate of drug-likeness (QED) is 0.164. The zero-order chi connectivity index (χ0) is 25.7. The molecular weight excluding hydrogens is 467 g/mol. The molecule has 0 aromatic heterocycles. The maximum atomic E-state index is 16.0. The van der Waals surface area contributed by atoms with Crippen LogP contribution in [0.15, 0.2) is 127 Å². The van der Waals surface area contributed by atoms with E-state index in [-0.39, 0.29) is 5.92 Å². The molecule has 1 aliphatic rings. The normalized spacial score (nSPS) is 18.3. The van der Waals surface area contributed by atoms with Crippen LogP contribution >= 0.6 is 7.14 Å². The van der Waals surface area contributed by atoms with Gasteiger partial charge in [-0.3, -0.25) is 0 Å². The van der Waals surface area contributed by atoms with E-state index in [1.165, 1.54) is 12.8 Å². The molecule has 4 aromatic rings. The van der Waals surface area contributed by atoms with Gasteiger partial charge in [-0.05, 0) is 34.6 Å². The highest BCUT2D eigenvalue weighted by molar-refractivity contribution is 7.86. The molecule has 2 unspecified atom stereocenters. The molecule has 2 heteroatoms. The first kappa shape index (κ1) is 25.2. The van der Waals surface area contributed by atoms with Crippen LogP contribution in [0.4, 0.5) is 0 Å². The molecule has 0 amide bonds. The number of allylic oxidation sites excluding steroid dienone is 3. The van der Waals surface area contributed by atoms with E-state index in [4.69, 9.17) is 0 Å². The lowest BCUT2D eigenvalue weighted by Gasteiger charge is -2.26. The van der Waals surface area contributed by atoms with Crippen LogP contribution in [0.1, 0.15) is 56.2 Å². The first-order valence-electron chi connectivity index (χ1n) is 13.5. The van der Waals surface area contributed by atoms with E-state index in [0.29, 0.717) is 0 Å². The van der Waals surface area contributed by atoms with E-state index in [1.807, 2.05) is 24.3 Å². The number of rotatable bonds is 9. The lowest BCUT2D eigenvalue weighted by Crippen LogP contribution is -2.11. The Morgan fingerprint density at radius 1 is 0.595 bits per heavy atom. The second-order valence-electron chi connectivity index (χ2n) is 9.92. The van der Waals surface area contributed by atoms with Crippen LogP contribution in [0, 0.1) is 5.92 Å². The molecule has 0 bridgehead atoms. The molecule has 37 heavy (non-hydrogen) atoms. The number of unbranched alkanes of at least 4 members (excludes halogenated alkanes) is 2. The monoisotopic (exact) mass is 502 g/mol. The SMILES string of the molecule is CCCCCC(C)C1=C(c2ccccc2)C(c2ccccc2)=C(c2ccccc2)P1(=O)c1ccccc1. The molecule has 186 valence electrons. The summed E-state index contributed by atoms with van der Waals surface area (Å²) in [5, 5.41) is 3.01. The Hall–Kier alpha value is -3.41. The van der Waals surface area contributed by atoms with Crippen molar-refractivity contribution in [3.8, 4) is 0 Å². The van der Waals surface area contributed by atoms with Gasteiger partial charge < -0.3 is 4.57 Å². The van der Waals surface area contributed by atoms with Gasteiger partial charge in [0, 0.05) is 21.5 Å². The topological polar surface area (TPSA) is 17.1 Å². The summed E-state index contributed by atoms with van der Waals surface area (Å²) in [7, 11) is -3.15. The van der Waals surface area contributed by atoms with Crippen LogP contribution in [0.3, 0.4) is 0 Å². The van der Waals surface area contributed by atoms with Crippen molar-refractivity contribution in [3.05, 3.63) is 143 Å². The third kappa shape index (κ3) is 4.81. The van der Waals surface area contributed by atoms with Crippen molar-refractivity contribution in [3.63, 3.8) is 0 Å². The fourth-order valence-electron chi connectivity index (χ4n) is 5.69. The van der Waals surface area contributed by atoms with Crippen molar-refractivity contribution in [1.82, 2.24) is 0 Å². The predicted molar refractivity (Wildman–Crippen MR) is 160 cm³/mol. The molecule has 0 radical (unpaired) electrons. The molecule has 0 aliphatic carbocycles. The smallest absolute Gasteiger partial charge is 0.169 e. The Bertz CT molecular complexity index is 1430. The molecule has 0 fully saturated rings. The lowest BCUT2D eigenvalue weighted by molar-refractivity contribution is 0.556. The van der Waals surface area contributed by atoms with Crippen molar-refractivity contribution in [2.45, 2.75) is 39.5 Å². The van der Waals surface area contributed by atoms with E-state index in [9.17, 15) is 0 Å². The summed E-state index contributed by atoms with van der Waals surface area (Å²) in [6.07, 6.45) is 4.54. The van der Waals surface area contributed by atoms with Crippen molar-refractivity contribution >= 4 is 28.9 Å². The van der Waals surface area contributed by atoms with Gasteiger partial charge in [-0.25, -0.2) is 0 Å². The second kappa shape index (κ2) is 11.3. The molecule has 1 nitrogen and oxygen atoms in total. The predicted octanol–water partition coefficient (Wildman–Crippen LogP) is 9.88. The molecule has 1 heterocycles. The largest absolute Gasteiger partial charge is 0.309 e. The maximum absolute atomic E-state index is 16.0. The third-order valence-electron chi connectivity index (χ3n) is 7.40. The minimum atomic E-state index is -3.15. The fourth-order valence-corrected chi connectivity index (χ4v) is 9.43. The van der Waals surface area contributed by atoms with Gasteiger partial charge >= 0.3 is 0 Å². The van der Waals surface area contributed by atoms with E-state index >= 15 is 4.57 Å². The van der Waals surface area contributed by atoms with Crippen molar-refractivity contribution in [2.75, 3.05) is 0 Å². The Morgan fingerprint density at radius 3 is 1.57 bits per heavy atom. The molecule has 0 spiro atoms. The Morgan fingerprint density at radius 2 is 1.05 bits per heavy atom. The highest BCUT2D eigenvalue weighted by Gasteiger charge is 2.47. The summed E-state index contributed by atoms with van der Waals surface area (Å²) in [5.41, 5.74) is 5.56. The standard InChI is InChI=1S/C35H35OP/c1-3-4-9-18-27(2)34-32(28-19-10-5-11-20-28)33(29-21-12-6-13-22-29)35(30-23-14-7-15-24-30)37(34,36)31-25-16-8-17-26-31/h5-8,10-17,19-27H,3-4,9,18H2,1-2H3. The van der Waals surface area contributed by atoms with E-state index < -0.39 is 7.14 Å². The third-order valence-corrected chi connectivity index (χ3v) is 10.9. The summed E-state index contributed by atoms with van der Waals surface area (Å²) < 4.78 is 16.0. The number of benzene rings is 4. The molecular formula is C35H35OP. The molecule has 4 aromatic carbocycles. The Balaban J connectivity index is 1.91. The molecule has 1 aliphatic heterocycles. The van der Waals surface area contributed by atoms with Gasteiger partial charge in [0.15, 0.2) is 7.14 Å². The minimum absolute atomic E-state index is 0.188. The van der Waals surface area contributed by atoms with E-state index in [1.54, 1.807) is 0 Å². The van der Waals surface area contributed by atoms with Crippen LogP contribution in [0.25, 0.3) is 16.5 Å². The van der Waals surface area contributed by atoms with Gasteiger partial charge in [-0.2, -0.15) is 0 Å². The van der Waals surface area contributed by atoms with Gasteiger partial charge in [0.25, 0.3) is 0 Å². The molecule has 0 saturated heterocycles. The summed E-state index contributed by atoms with van der Waals surface area (Å²) in [4.78, 5) is 0. The zero-order valence-corrected chi connectivity index (χ0v) is 22.7. The summed E-state index contributed by atoms with van der Waals surface area (Å²) in [5.74, 6) is 0.188. The highest BCUT2D eigenvalue weighted by Crippen LogP contribution is 2.75. The van der Waals surface area contributed by atoms with Crippen LogP contribution in [-0.2, 0) is 4.57 Å². The van der Waals surface area contributed by atoms with E-state index in [2.05, 4.69) is 111 Å². The van der Waals surface area contributed by atoms with Crippen molar-refractivity contribution in [2.24, 2.45) is 5.92 Å². The minimum Gasteiger partial charge on any atom is -0.309 e.